The Labute approximate surface area is 206 Å². The van der Waals surface area contributed by atoms with E-state index >= 15 is 0 Å². The fourth-order valence-electron chi connectivity index (χ4n) is 4.88. The first kappa shape index (κ1) is 23.2. The van der Waals surface area contributed by atoms with Crippen molar-refractivity contribution in [3.63, 3.8) is 0 Å². The lowest BCUT2D eigenvalue weighted by atomic mass is 9.96. The molecule has 1 aliphatic heterocycles. The number of nitrogens with zero attached hydrogens (tertiary/aromatic N) is 5. The van der Waals surface area contributed by atoms with E-state index < -0.39 is 0 Å². The number of benzene rings is 2. The quantitative estimate of drug-likeness (QED) is 0.506. The van der Waals surface area contributed by atoms with Gasteiger partial charge >= 0.3 is 0 Å². The van der Waals surface area contributed by atoms with Gasteiger partial charge in [0.1, 0.15) is 5.69 Å². The molecule has 2 heterocycles. The largest absolute Gasteiger partial charge is 0.340 e. The van der Waals surface area contributed by atoms with E-state index in [1.165, 1.54) is 23.5 Å². The highest BCUT2D eigenvalue weighted by molar-refractivity contribution is 5.92. The third-order valence-corrected chi connectivity index (χ3v) is 6.86. The van der Waals surface area contributed by atoms with Crippen LogP contribution in [-0.4, -0.2) is 75.2 Å². The van der Waals surface area contributed by atoms with Gasteiger partial charge in [-0.1, -0.05) is 60.7 Å². The maximum absolute atomic E-state index is 13.1. The van der Waals surface area contributed by atoms with Crippen molar-refractivity contribution in [2.45, 2.75) is 31.3 Å². The Balaban J connectivity index is 1.19. The van der Waals surface area contributed by atoms with Crippen LogP contribution in [0.1, 0.15) is 46.9 Å². The molecule has 35 heavy (non-hydrogen) atoms. The minimum atomic E-state index is -0.133. The second kappa shape index (κ2) is 10.8. The summed E-state index contributed by atoms with van der Waals surface area (Å²) < 4.78 is 0. The summed E-state index contributed by atoms with van der Waals surface area (Å²) in [5.74, 6) is -0.0231. The average Bonchev–Trinajstić information content (AvgIpc) is 3.76. The van der Waals surface area contributed by atoms with Crippen molar-refractivity contribution in [2.75, 3.05) is 32.7 Å². The Morgan fingerprint density at radius 3 is 2.06 bits per heavy atom. The van der Waals surface area contributed by atoms with Crippen LogP contribution in [-0.2, 0) is 4.79 Å². The lowest BCUT2D eigenvalue weighted by Crippen LogP contribution is -2.50. The molecule has 0 spiro atoms. The van der Waals surface area contributed by atoms with Crippen LogP contribution in [0.2, 0.25) is 0 Å². The summed E-state index contributed by atoms with van der Waals surface area (Å²) >= 11 is 0. The van der Waals surface area contributed by atoms with Crippen LogP contribution in [0, 0.1) is 0 Å². The summed E-state index contributed by atoms with van der Waals surface area (Å²) in [5, 5.41) is 0. The van der Waals surface area contributed by atoms with Crippen LogP contribution in [0.3, 0.4) is 0 Å². The second-order valence-corrected chi connectivity index (χ2v) is 9.21. The molecule has 7 heteroatoms. The number of amides is 2. The van der Waals surface area contributed by atoms with Gasteiger partial charge in [0.25, 0.3) is 5.91 Å². The van der Waals surface area contributed by atoms with Crippen LogP contribution in [0.25, 0.3) is 0 Å². The third kappa shape index (κ3) is 5.57. The molecule has 1 saturated carbocycles. The first-order valence-corrected chi connectivity index (χ1v) is 12.4. The van der Waals surface area contributed by atoms with E-state index in [9.17, 15) is 9.59 Å². The van der Waals surface area contributed by atoms with Gasteiger partial charge in [-0.3, -0.25) is 19.5 Å². The summed E-state index contributed by atoms with van der Waals surface area (Å²) in [4.78, 5) is 40.3. The van der Waals surface area contributed by atoms with Crippen LogP contribution in [0.5, 0.6) is 0 Å². The third-order valence-electron chi connectivity index (χ3n) is 6.86. The molecular weight excluding hydrogens is 438 g/mol. The molecule has 3 aromatic rings. The Morgan fingerprint density at radius 2 is 1.51 bits per heavy atom. The lowest BCUT2D eigenvalue weighted by molar-refractivity contribution is -0.133. The van der Waals surface area contributed by atoms with Crippen molar-refractivity contribution < 1.29 is 9.59 Å². The topological polar surface area (TPSA) is 69.6 Å². The second-order valence-electron chi connectivity index (χ2n) is 9.21. The number of hydrogen-bond acceptors (Lipinski definition) is 5. The number of aromatic nitrogens is 2. The Bertz CT molecular complexity index is 1070. The summed E-state index contributed by atoms with van der Waals surface area (Å²) in [6.07, 6.45) is 6.89. The molecule has 0 bridgehead atoms. The minimum Gasteiger partial charge on any atom is -0.340 e. The van der Waals surface area contributed by atoms with E-state index in [4.69, 9.17) is 0 Å². The zero-order chi connectivity index (χ0) is 24.0. The molecule has 2 amide bonds. The highest BCUT2D eigenvalue weighted by Crippen LogP contribution is 2.30. The molecule has 2 aliphatic rings. The van der Waals surface area contributed by atoms with E-state index in [-0.39, 0.29) is 23.9 Å². The highest BCUT2D eigenvalue weighted by Gasteiger charge is 2.34. The van der Waals surface area contributed by atoms with Gasteiger partial charge < -0.3 is 9.80 Å². The van der Waals surface area contributed by atoms with E-state index in [2.05, 4.69) is 63.4 Å². The van der Waals surface area contributed by atoms with Crippen LogP contribution < -0.4 is 0 Å². The minimum absolute atomic E-state index is 0.109. The van der Waals surface area contributed by atoms with Crippen LogP contribution >= 0.6 is 0 Å². The monoisotopic (exact) mass is 469 g/mol. The standard InChI is InChI=1S/C28H31N5O2/c34-26(13-16-33(24-11-12-24)28(35)25-21-29-14-15-30-25)31-17-19-32(20-18-31)27(22-7-3-1-4-8-22)23-9-5-2-6-10-23/h1-10,14-15,21,24,27H,11-13,16-20H2. The molecule has 2 aromatic carbocycles. The maximum atomic E-state index is 13.1. The molecule has 1 aromatic heterocycles. The number of carbonyl (C=O) groups excluding carboxylic acids is 2. The number of carbonyl (C=O) groups is 2. The van der Waals surface area contributed by atoms with Gasteiger partial charge in [0.15, 0.2) is 0 Å². The predicted octanol–water partition coefficient (Wildman–Crippen LogP) is 3.41. The summed E-state index contributed by atoms with van der Waals surface area (Å²) in [6, 6.07) is 21.5. The molecule has 5 rings (SSSR count). The first-order valence-electron chi connectivity index (χ1n) is 12.4. The normalized spacial score (nSPS) is 16.3. The number of piperazine rings is 1. The van der Waals surface area contributed by atoms with E-state index in [0.717, 1.165) is 25.9 Å². The maximum Gasteiger partial charge on any atom is 0.274 e. The molecule has 7 nitrogen and oxygen atoms in total. The molecule has 0 atom stereocenters. The smallest absolute Gasteiger partial charge is 0.274 e. The average molecular weight is 470 g/mol. The molecule has 0 radical (unpaired) electrons. The van der Waals surface area contributed by atoms with E-state index in [1.807, 2.05) is 17.0 Å². The van der Waals surface area contributed by atoms with E-state index in [0.29, 0.717) is 31.7 Å². The Hall–Kier alpha value is -3.58. The first-order chi connectivity index (χ1) is 17.2. The Morgan fingerprint density at radius 1 is 0.886 bits per heavy atom. The van der Waals surface area contributed by atoms with Crippen LogP contribution in [0.15, 0.2) is 79.3 Å². The lowest BCUT2D eigenvalue weighted by Gasteiger charge is -2.40. The van der Waals surface area contributed by atoms with Gasteiger partial charge in [0.2, 0.25) is 5.91 Å². The van der Waals surface area contributed by atoms with Crippen molar-refractivity contribution >= 4 is 11.8 Å². The summed E-state index contributed by atoms with van der Waals surface area (Å²) in [5.41, 5.74) is 2.87. The number of rotatable bonds is 8. The fourth-order valence-corrected chi connectivity index (χ4v) is 4.88. The predicted molar refractivity (Wildman–Crippen MR) is 134 cm³/mol. The van der Waals surface area contributed by atoms with Crippen molar-refractivity contribution in [3.05, 3.63) is 96.1 Å². The van der Waals surface area contributed by atoms with Crippen molar-refractivity contribution in [2.24, 2.45) is 0 Å². The molecule has 1 saturated heterocycles. The zero-order valence-electron chi connectivity index (χ0n) is 19.9. The molecule has 180 valence electrons. The van der Waals surface area contributed by atoms with Gasteiger partial charge in [0, 0.05) is 57.6 Å². The van der Waals surface area contributed by atoms with Crippen molar-refractivity contribution in [3.8, 4) is 0 Å². The molecular formula is C28H31N5O2. The Kier molecular flexibility index (Phi) is 7.14. The molecule has 2 fully saturated rings. The van der Waals surface area contributed by atoms with Crippen molar-refractivity contribution in [1.29, 1.82) is 0 Å². The fraction of sp³-hybridized carbons (Fsp3) is 0.357. The molecule has 0 unspecified atom stereocenters. The van der Waals surface area contributed by atoms with Gasteiger partial charge in [0.05, 0.1) is 12.2 Å². The molecule has 1 aliphatic carbocycles. The number of hydrogen-bond donors (Lipinski definition) is 0. The van der Waals surface area contributed by atoms with Crippen LogP contribution in [0.4, 0.5) is 0 Å². The highest BCUT2D eigenvalue weighted by atomic mass is 16.2. The summed E-state index contributed by atoms with van der Waals surface area (Å²) in [7, 11) is 0. The van der Waals surface area contributed by atoms with Crippen molar-refractivity contribution in [1.82, 2.24) is 24.7 Å². The SMILES string of the molecule is O=C(CCN(C(=O)c1cnccn1)C1CC1)N1CCN(C(c2ccccc2)c2ccccc2)CC1. The van der Waals surface area contributed by atoms with Gasteiger partial charge in [-0.2, -0.15) is 0 Å². The molecule has 0 N–H and O–H groups in total. The van der Waals surface area contributed by atoms with Gasteiger partial charge in [-0.25, -0.2) is 4.98 Å². The van der Waals surface area contributed by atoms with E-state index in [1.54, 1.807) is 11.1 Å². The zero-order valence-corrected chi connectivity index (χ0v) is 19.9. The van der Waals surface area contributed by atoms with Gasteiger partial charge in [-0.15, -0.1) is 0 Å². The van der Waals surface area contributed by atoms with Gasteiger partial charge in [-0.05, 0) is 24.0 Å². The summed E-state index contributed by atoms with van der Waals surface area (Å²) in [6.45, 7) is 3.43.